The van der Waals surface area contributed by atoms with Gasteiger partial charge in [-0.05, 0) is 30.7 Å². The highest BCUT2D eigenvalue weighted by Gasteiger charge is 2.28. The molecule has 1 N–H and O–H groups in total. The Morgan fingerprint density at radius 3 is 2.37 bits per heavy atom. The van der Waals surface area contributed by atoms with Gasteiger partial charge in [0.25, 0.3) is 0 Å². The molecular formula is C20H14Cl2F3N5. The van der Waals surface area contributed by atoms with Gasteiger partial charge in [0.2, 0.25) is 5.95 Å². The molecule has 2 aromatic heterocycles. The average Bonchev–Trinajstić information content (AvgIpc) is 3.07. The largest absolute Gasteiger partial charge is 0.405 e. The van der Waals surface area contributed by atoms with E-state index >= 15 is 0 Å². The molecule has 4 aromatic rings. The summed E-state index contributed by atoms with van der Waals surface area (Å²) < 4.78 is 39.4. The third-order valence-electron chi connectivity index (χ3n) is 4.36. The first-order chi connectivity index (χ1) is 14.2. The van der Waals surface area contributed by atoms with Crippen LogP contribution >= 0.6 is 23.2 Å². The summed E-state index contributed by atoms with van der Waals surface area (Å²) in [5.74, 6) is 0.233. The van der Waals surface area contributed by atoms with Gasteiger partial charge in [0.15, 0.2) is 5.65 Å². The van der Waals surface area contributed by atoms with E-state index in [0.29, 0.717) is 38.3 Å². The first kappa shape index (κ1) is 20.4. The van der Waals surface area contributed by atoms with Crippen molar-refractivity contribution in [3.63, 3.8) is 0 Å². The number of hydrogen-bond donors (Lipinski definition) is 1. The number of aromatic nitrogens is 4. The zero-order chi connectivity index (χ0) is 21.5. The molecule has 2 aromatic carbocycles. The van der Waals surface area contributed by atoms with Crippen molar-refractivity contribution in [1.29, 1.82) is 0 Å². The Hall–Kier alpha value is -2.84. The topological polar surface area (TPSA) is 55.1 Å². The van der Waals surface area contributed by atoms with Crippen molar-refractivity contribution in [3.8, 4) is 22.4 Å². The van der Waals surface area contributed by atoms with Crippen LogP contribution in [0.4, 0.5) is 19.1 Å². The van der Waals surface area contributed by atoms with Crippen molar-refractivity contribution in [2.75, 3.05) is 11.9 Å². The first-order valence-electron chi connectivity index (χ1n) is 8.82. The lowest BCUT2D eigenvalue weighted by atomic mass is 10.0. The lowest BCUT2D eigenvalue weighted by molar-refractivity contribution is -0.115. The molecule has 5 nitrogen and oxygen atoms in total. The fraction of sp³-hybridized carbons (Fsp3) is 0.150. The Bertz CT molecular complexity index is 1220. The van der Waals surface area contributed by atoms with Gasteiger partial charge in [0.05, 0.1) is 10.6 Å². The quantitative estimate of drug-likeness (QED) is 0.410. The zero-order valence-electron chi connectivity index (χ0n) is 15.5. The van der Waals surface area contributed by atoms with Crippen LogP contribution in [0.25, 0.3) is 28.0 Å². The molecule has 0 amide bonds. The second-order valence-corrected chi connectivity index (χ2v) is 7.35. The predicted octanol–water partition coefficient (Wildman–Crippen LogP) is 6.05. The number of nitrogens with zero attached hydrogens (tertiary/aromatic N) is 4. The van der Waals surface area contributed by atoms with Crippen LogP contribution in [0.15, 0.2) is 48.5 Å². The standard InChI is InChI=1S/C20H14Cl2F3N5/c1-11-27-19(26-10-20(23,24)25)28-18-16(12-6-8-13(21)9-7-12)17(29-30(11)18)14-4-2-3-5-15(14)22/h2-9H,10H2,1H3,(H,26,28). The molecule has 30 heavy (non-hydrogen) atoms. The number of benzene rings is 2. The molecule has 0 bridgehead atoms. The third-order valence-corrected chi connectivity index (χ3v) is 4.94. The number of anilines is 1. The molecule has 4 rings (SSSR count). The van der Waals surface area contributed by atoms with E-state index in [2.05, 4.69) is 20.4 Å². The van der Waals surface area contributed by atoms with E-state index in [-0.39, 0.29) is 5.95 Å². The van der Waals surface area contributed by atoms with Gasteiger partial charge in [-0.3, -0.25) is 0 Å². The number of fused-ring (bicyclic) bond motifs is 1. The Labute approximate surface area is 179 Å². The molecule has 0 aliphatic heterocycles. The van der Waals surface area contributed by atoms with Gasteiger partial charge < -0.3 is 5.32 Å². The van der Waals surface area contributed by atoms with Crippen LogP contribution in [0.1, 0.15) is 5.82 Å². The SMILES string of the molecule is Cc1nc(NCC(F)(F)F)nc2c(-c3ccc(Cl)cc3)c(-c3ccccc3Cl)nn12. The highest BCUT2D eigenvalue weighted by Crippen LogP contribution is 2.38. The summed E-state index contributed by atoms with van der Waals surface area (Å²) >= 11 is 12.4. The Kier molecular flexibility index (Phi) is 5.29. The fourth-order valence-corrected chi connectivity index (χ4v) is 3.40. The Balaban J connectivity index is 1.97. The molecule has 154 valence electrons. The number of hydrogen-bond acceptors (Lipinski definition) is 4. The molecular weight excluding hydrogens is 438 g/mol. The van der Waals surface area contributed by atoms with Crippen LogP contribution in [0.2, 0.25) is 10.0 Å². The van der Waals surface area contributed by atoms with Gasteiger partial charge in [-0.1, -0.05) is 53.5 Å². The second kappa shape index (κ2) is 7.77. The molecule has 0 fully saturated rings. The van der Waals surface area contributed by atoms with Gasteiger partial charge in [-0.25, -0.2) is 0 Å². The second-order valence-electron chi connectivity index (χ2n) is 6.51. The van der Waals surface area contributed by atoms with E-state index in [9.17, 15) is 13.2 Å². The van der Waals surface area contributed by atoms with Crippen LogP contribution in [0.3, 0.4) is 0 Å². The van der Waals surface area contributed by atoms with Crippen LogP contribution < -0.4 is 5.32 Å². The minimum atomic E-state index is -4.40. The smallest absolute Gasteiger partial charge is 0.345 e. The molecule has 0 unspecified atom stereocenters. The van der Waals surface area contributed by atoms with Crippen LogP contribution in [-0.2, 0) is 0 Å². The summed E-state index contributed by atoms with van der Waals surface area (Å²) in [5, 5.41) is 7.88. The van der Waals surface area contributed by atoms with Crippen molar-refractivity contribution in [2.45, 2.75) is 13.1 Å². The van der Waals surface area contributed by atoms with Crippen LogP contribution in [0.5, 0.6) is 0 Å². The Morgan fingerprint density at radius 1 is 1.00 bits per heavy atom. The fourth-order valence-electron chi connectivity index (χ4n) is 3.05. The number of alkyl halides is 3. The van der Waals surface area contributed by atoms with E-state index in [0.717, 1.165) is 5.56 Å². The van der Waals surface area contributed by atoms with E-state index < -0.39 is 12.7 Å². The molecule has 0 aliphatic rings. The van der Waals surface area contributed by atoms with Crippen LogP contribution in [-0.4, -0.2) is 32.3 Å². The summed E-state index contributed by atoms with van der Waals surface area (Å²) in [7, 11) is 0. The van der Waals surface area contributed by atoms with E-state index in [1.165, 1.54) is 4.52 Å². The lowest BCUT2D eigenvalue weighted by Crippen LogP contribution is -2.22. The van der Waals surface area contributed by atoms with Gasteiger partial charge >= 0.3 is 6.18 Å². The maximum atomic E-state index is 12.6. The summed E-state index contributed by atoms with van der Waals surface area (Å²) in [6.07, 6.45) is -4.40. The molecule has 0 saturated heterocycles. The van der Waals surface area contributed by atoms with Crippen molar-refractivity contribution in [3.05, 3.63) is 64.4 Å². The Morgan fingerprint density at radius 2 is 1.70 bits per heavy atom. The maximum absolute atomic E-state index is 12.6. The molecule has 10 heteroatoms. The summed E-state index contributed by atoms with van der Waals surface area (Å²) in [5.41, 5.74) is 2.90. The molecule has 0 saturated carbocycles. The van der Waals surface area contributed by atoms with Gasteiger partial charge in [-0.2, -0.15) is 32.8 Å². The molecule has 0 atom stereocenters. The van der Waals surface area contributed by atoms with Crippen LogP contribution in [0, 0.1) is 6.92 Å². The number of halogens is 5. The number of nitrogens with one attached hydrogen (secondary N) is 1. The predicted molar refractivity (Wildman–Crippen MR) is 111 cm³/mol. The minimum Gasteiger partial charge on any atom is -0.345 e. The third kappa shape index (κ3) is 4.06. The monoisotopic (exact) mass is 451 g/mol. The van der Waals surface area contributed by atoms with Gasteiger partial charge in [0, 0.05) is 10.6 Å². The summed E-state index contributed by atoms with van der Waals surface area (Å²) in [6.45, 7) is 0.396. The maximum Gasteiger partial charge on any atom is 0.405 e. The van der Waals surface area contributed by atoms with Gasteiger partial charge in [0.1, 0.15) is 18.1 Å². The highest BCUT2D eigenvalue weighted by molar-refractivity contribution is 6.33. The minimum absolute atomic E-state index is 0.141. The molecule has 0 aliphatic carbocycles. The summed E-state index contributed by atoms with van der Waals surface area (Å²) in [6, 6.07) is 14.2. The molecule has 0 spiro atoms. The van der Waals surface area contributed by atoms with Crippen molar-refractivity contribution in [2.24, 2.45) is 0 Å². The number of aryl methyl sites for hydroxylation is 1. The van der Waals surface area contributed by atoms with E-state index in [1.54, 1.807) is 43.3 Å². The van der Waals surface area contributed by atoms with Crippen molar-refractivity contribution < 1.29 is 13.2 Å². The van der Waals surface area contributed by atoms with Gasteiger partial charge in [-0.15, -0.1) is 0 Å². The summed E-state index contributed by atoms with van der Waals surface area (Å²) in [4.78, 5) is 8.42. The van der Waals surface area contributed by atoms with E-state index in [4.69, 9.17) is 23.2 Å². The highest BCUT2D eigenvalue weighted by atomic mass is 35.5. The molecule has 2 heterocycles. The average molecular weight is 452 g/mol. The number of rotatable bonds is 4. The first-order valence-corrected chi connectivity index (χ1v) is 9.57. The van der Waals surface area contributed by atoms with Crippen molar-refractivity contribution in [1.82, 2.24) is 19.6 Å². The normalized spacial score (nSPS) is 11.8. The van der Waals surface area contributed by atoms with Crippen molar-refractivity contribution >= 4 is 34.8 Å². The van der Waals surface area contributed by atoms with E-state index in [1.807, 2.05) is 12.1 Å². The lowest BCUT2D eigenvalue weighted by Gasteiger charge is -2.09. The molecule has 0 radical (unpaired) electrons. The zero-order valence-corrected chi connectivity index (χ0v) is 17.0.